The molecule has 0 atom stereocenters. The van der Waals surface area contributed by atoms with Gasteiger partial charge in [0, 0.05) is 22.3 Å². The van der Waals surface area contributed by atoms with Crippen molar-refractivity contribution in [1.29, 1.82) is 0 Å². The molecule has 0 unspecified atom stereocenters. The first kappa shape index (κ1) is 32.8. The van der Waals surface area contributed by atoms with Gasteiger partial charge in [-0.25, -0.2) is 9.97 Å². The van der Waals surface area contributed by atoms with Crippen LogP contribution >= 0.6 is 0 Å². The third-order valence-corrected chi connectivity index (χ3v) is 11.3. The van der Waals surface area contributed by atoms with Gasteiger partial charge in [-0.1, -0.05) is 182 Å². The highest BCUT2D eigenvalue weighted by atomic mass is 16.6. The van der Waals surface area contributed by atoms with E-state index in [2.05, 4.69) is 164 Å². The summed E-state index contributed by atoms with van der Waals surface area (Å²) in [7, 11) is 0. The molecule has 1 aliphatic heterocycles. The molecule has 0 radical (unpaired) electrons. The van der Waals surface area contributed by atoms with Gasteiger partial charge in [0.25, 0.3) is 0 Å². The molecule has 0 bridgehead atoms. The lowest BCUT2D eigenvalue weighted by atomic mass is 9.68. The molecule has 268 valence electrons. The van der Waals surface area contributed by atoms with Gasteiger partial charge in [-0.2, -0.15) is 0 Å². The molecule has 0 saturated heterocycles. The molecule has 9 aromatic rings. The Hall–Kier alpha value is -7.56. The van der Waals surface area contributed by atoms with E-state index in [1.807, 2.05) is 42.5 Å². The lowest BCUT2D eigenvalue weighted by Crippen LogP contribution is -2.28. The van der Waals surface area contributed by atoms with Crippen molar-refractivity contribution in [3.63, 3.8) is 0 Å². The molecule has 0 amide bonds. The summed E-state index contributed by atoms with van der Waals surface area (Å²) in [5.41, 5.74) is 13.2. The quantitative estimate of drug-likeness (QED) is 0.171. The summed E-state index contributed by atoms with van der Waals surface area (Å²) in [5.74, 6) is 3.44. The third kappa shape index (κ3) is 5.30. The summed E-state index contributed by atoms with van der Waals surface area (Å²) < 4.78 is 13.7. The van der Waals surface area contributed by atoms with Crippen molar-refractivity contribution in [3.05, 3.63) is 229 Å². The van der Waals surface area contributed by atoms with Gasteiger partial charge in [0.2, 0.25) is 0 Å². The average Bonchev–Trinajstić information content (AvgIpc) is 3.60. The van der Waals surface area contributed by atoms with Crippen LogP contribution in [-0.2, 0) is 5.41 Å². The Morgan fingerprint density at radius 1 is 0.351 bits per heavy atom. The van der Waals surface area contributed by atoms with Crippen molar-refractivity contribution in [1.82, 2.24) is 9.97 Å². The van der Waals surface area contributed by atoms with Crippen molar-refractivity contribution in [2.24, 2.45) is 0 Å². The van der Waals surface area contributed by atoms with Gasteiger partial charge < -0.3 is 9.47 Å². The first-order valence-corrected chi connectivity index (χ1v) is 19.2. The second-order valence-electron chi connectivity index (χ2n) is 14.4. The topological polar surface area (TPSA) is 44.2 Å². The Morgan fingerprint density at radius 3 is 1.61 bits per heavy atom. The van der Waals surface area contributed by atoms with Crippen LogP contribution in [0.5, 0.6) is 23.0 Å². The molecule has 2 aliphatic rings. The monoisotopic (exact) mass is 730 g/mol. The van der Waals surface area contributed by atoms with E-state index in [1.165, 1.54) is 22.3 Å². The van der Waals surface area contributed by atoms with Crippen LogP contribution in [0.3, 0.4) is 0 Å². The van der Waals surface area contributed by atoms with Crippen molar-refractivity contribution < 1.29 is 9.47 Å². The molecule has 4 heteroatoms. The molecular formula is C53H34N2O2. The second-order valence-corrected chi connectivity index (χ2v) is 14.4. The van der Waals surface area contributed by atoms with Gasteiger partial charge >= 0.3 is 0 Å². The standard InChI is InChI=1S/C53H34N2O2/c1-5-17-35(18-6-1)45-34-46(55-52(54-45)36-19-7-2-8-20-36)41-26-14-13-25-40(41)37-29-31-47-49(33-37)56-48-32-30-44-50(51(48)57-47)42-27-15-16-28-43(42)53(44,38-21-9-3-10-22-38)39-23-11-4-12-24-39/h1-34H. The summed E-state index contributed by atoms with van der Waals surface area (Å²) in [5, 5.41) is 0. The number of fused-ring (bicyclic) bond motifs is 6. The van der Waals surface area contributed by atoms with Crippen LogP contribution in [0.2, 0.25) is 0 Å². The molecule has 0 spiro atoms. The zero-order chi connectivity index (χ0) is 37.8. The van der Waals surface area contributed by atoms with Crippen molar-refractivity contribution in [2.75, 3.05) is 0 Å². The summed E-state index contributed by atoms with van der Waals surface area (Å²) in [6, 6.07) is 71.7. The summed E-state index contributed by atoms with van der Waals surface area (Å²) in [6.45, 7) is 0. The SMILES string of the molecule is c1ccc(-c2cc(-c3ccccc3-c3ccc4c(c3)Oc3ccc5c(c3O4)-c3ccccc3C5(c3ccccc3)c3ccccc3)nc(-c3ccccc3)n2)cc1. The van der Waals surface area contributed by atoms with Crippen LogP contribution in [0.4, 0.5) is 0 Å². The minimum absolute atomic E-state index is 0.525. The van der Waals surface area contributed by atoms with Gasteiger partial charge in [-0.15, -0.1) is 0 Å². The Balaban J connectivity index is 1.02. The maximum absolute atomic E-state index is 6.93. The highest BCUT2D eigenvalue weighted by Crippen LogP contribution is 2.62. The fraction of sp³-hybridized carbons (Fsp3) is 0.0189. The molecule has 1 aliphatic carbocycles. The molecule has 8 aromatic carbocycles. The minimum Gasteiger partial charge on any atom is -0.449 e. The Morgan fingerprint density at radius 2 is 0.912 bits per heavy atom. The molecule has 4 nitrogen and oxygen atoms in total. The minimum atomic E-state index is -0.525. The smallest absolute Gasteiger partial charge is 0.178 e. The summed E-state index contributed by atoms with van der Waals surface area (Å²) in [4.78, 5) is 10.2. The van der Waals surface area contributed by atoms with Crippen molar-refractivity contribution >= 4 is 0 Å². The predicted octanol–water partition coefficient (Wildman–Crippen LogP) is 13.4. The highest BCUT2D eigenvalue weighted by Gasteiger charge is 2.48. The average molecular weight is 731 g/mol. The number of nitrogens with zero attached hydrogens (tertiary/aromatic N) is 2. The molecule has 0 saturated carbocycles. The van der Waals surface area contributed by atoms with Crippen LogP contribution in [0.25, 0.3) is 56.2 Å². The predicted molar refractivity (Wildman–Crippen MR) is 228 cm³/mol. The molecule has 57 heavy (non-hydrogen) atoms. The van der Waals surface area contributed by atoms with E-state index < -0.39 is 5.41 Å². The van der Waals surface area contributed by atoms with E-state index >= 15 is 0 Å². The Bertz CT molecular complexity index is 2850. The molecule has 0 fully saturated rings. The van der Waals surface area contributed by atoms with E-state index in [9.17, 15) is 0 Å². The molecule has 2 heterocycles. The van der Waals surface area contributed by atoms with E-state index in [1.54, 1.807) is 0 Å². The number of rotatable bonds is 6. The van der Waals surface area contributed by atoms with Gasteiger partial charge in [0.15, 0.2) is 28.8 Å². The van der Waals surface area contributed by atoms with Crippen molar-refractivity contribution in [2.45, 2.75) is 5.41 Å². The van der Waals surface area contributed by atoms with Crippen LogP contribution in [0.1, 0.15) is 22.3 Å². The fourth-order valence-corrected chi connectivity index (χ4v) is 8.75. The van der Waals surface area contributed by atoms with Crippen LogP contribution in [-0.4, -0.2) is 9.97 Å². The zero-order valence-corrected chi connectivity index (χ0v) is 30.8. The Kier molecular flexibility index (Phi) is 7.68. The lowest BCUT2D eigenvalue weighted by molar-refractivity contribution is 0.360. The van der Waals surface area contributed by atoms with Crippen molar-refractivity contribution in [3.8, 4) is 79.2 Å². The molecule has 0 N–H and O–H groups in total. The number of benzene rings is 8. The van der Waals surface area contributed by atoms with E-state index in [0.29, 0.717) is 23.1 Å². The van der Waals surface area contributed by atoms with Gasteiger partial charge in [0.05, 0.1) is 16.8 Å². The number of aromatic nitrogens is 2. The number of ether oxygens (including phenoxy) is 2. The maximum Gasteiger partial charge on any atom is 0.178 e. The normalized spacial score (nSPS) is 13.0. The molecule has 1 aromatic heterocycles. The highest BCUT2D eigenvalue weighted by molar-refractivity contribution is 5.92. The van der Waals surface area contributed by atoms with E-state index in [4.69, 9.17) is 19.4 Å². The largest absolute Gasteiger partial charge is 0.449 e. The lowest BCUT2D eigenvalue weighted by Gasteiger charge is -2.34. The maximum atomic E-state index is 6.93. The Labute approximate surface area is 331 Å². The number of hydrogen-bond donors (Lipinski definition) is 0. The fourth-order valence-electron chi connectivity index (χ4n) is 8.75. The van der Waals surface area contributed by atoms with E-state index in [-0.39, 0.29) is 0 Å². The van der Waals surface area contributed by atoms with Crippen LogP contribution in [0, 0.1) is 0 Å². The number of hydrogen-bond acceptors (Lipinski definition) is 4. The second kappa shape index (κ2) is 13.3. The first-order chi connectivity index (χ1) is 28.3. The van der Waals surface area contributed by atoms with Crippen LogP contribution in [0.15, 0.2) is 206 Å². The summed E-state index contributed by atoms with van der Waals surface area (Å²) in [6.07, 6.45) is 0. The van der Waals surface area contributed by atoms with Crippen LogP contribution < -0.4 is 9.47 Å². The molecular weight excluding hydrogens is 697 g/mol. The first-order valence-electron chi connectivity index (χ1n) is 19.2. The van der Waals surface area contributed by atoms with Gasteiger partial charge in [-0.05, 0) is 63.2 Å². The third-order valence-electron chi connectivity index (χ3n) is 11.3. The summed E-state index contributed by atoms with van der Waals surface area (Å²) >= 11 is 0. The zero-order valence-electron chi connectivity index (χ0n) is 30.8. The van der Waals surface area contributed by atoms with E-state index in [0.717, 1.165) is 56.1 Å². The molecule has 11 rings (SSSR count). The van der Waals surface area contributed by atoms with Gasteiger partial charge in [0.1, 0.15) is 0 Å². The van der Waals surface area contributed by atoms with Gasteiger partial charge in [-0.3, -0.25) is 0 Å².